The quantitative estimate of drug-likeness (QED) is 0.108. The lowest BCUT2D eigenvalue weighted by Crippen LogP contribution is -2.20. The zero-order valence-electron chi connectivity index (χ0n) is 79.5. The molecule has 0 amide bonds. The summed E-state index contributed by atoms with van der Waals surface area (Å²) in [5.41, 5.74) is 19.6. The highest BCUT2D eigenvalue weighted by molar-refractivity contribution is 7.88. The predicted molar refractivity (Wildman–Crippen MR) is 577 cm³/mol. The minimum Gasteiger partial charge on any atom is -0.310 e. The summed E-state index contributed by atoms with van der Waals surface area (Å²) < 4.78 is 111. The first-order valence-electron chi connectivity index (χ1n) is 48.2. The third kappa shape index (κ3) is 12.5. The third-order valence-corrected chi connectivity index (χ3v) is 40.4. The van der Waals surface area contributed by atoms with Crippen molar-refractivity contribution < 1.29 is 25.1 Å². The molecule has 0 bridgehead atoms. The average molecular weight is 1870 g/mol. The summed E-state index contributed by atoms with van der Waals surface area (Å²) in [4.78, 5) is 3.62. The van der Waals surface area contributed by atoms with E-state index in [1.54, 1.807) is 10.6 Å². The minimum absolute atomic E-state index is 0.0783. The maximum absolute atomic E-state index is 15.1. The van der Waals surface area contributed by atoms with Gasteiger partial charge in [-0.05, 0) is 131 Å². The van der Waals surface area contributed by atoms with Gasteiger partial charge in [0.2, 0.25) is 0 Å². The summed E-state index contributed by atoms with van der Waals surface area (Å²) in [7, 11) is -12.4. The summed E-state index contributed by atoms with van der Waals surface area (Å²) in [6.07, 6.45) is 0. The van der Waals surface area contributed by atoms with Gasteiger partial charge in [0, 0.05) is 152 Å². The van der Waals surface area contributed by atoms with E-state index in [1.807, 2.05) is 340 Å². The van der Waals surface area contributed by atoms with Crippen LogP contribution in [0.5, 0.6) is 0 Å². The largest absolute Gasteiger partial charge is 0.310 e. The zero-order chi connectivity index (χ0) is 98.6. The third-order valence-electron chi connectivity index (χ3n) is 27.8. The van der Waals surface area contributed by atoms with Crippen molar-refractivity contribution in [1.82, 2.24) is 18.3 Å². The van der Waals surface area contributed by atoms with Crippen LogP contribution in [0, 0.1) is 40.6 Å². The number of benzene rings is 20. The molecule has 28 rings (SSSR count). The van der Waals surface area contributed by atoms with Crippen LogP contribution in [0.3, 0.4) is 0 Å². The molecule has 0 saturated heterocycles. The molecule has 24 aromatic rings. The van der Waals surface area contributed by atoms with Crippen LogP contribution in [-0.4, -0.2) is 18.3 Å². The van der Waals surface area contributed by atoms with E-state index >= 15 is 18.3 Å². The molecule has 16 heteroatoms. The van der Waals surface area contributed by atoms with Crippen molar-refractivity contribution in [3.8, 4) is 85.5 Å². The Labute approximate surface area is 813 Å². The van der Waals surface area contributed by atoms with Crippen LogP contribution in [0.2, 0.25) is 0 Å². The van der Waals surface area contributed by atoms with E-state index in [-0.39, 0.29) is 17.8 Å². The van der Waals surface area contributed by atoms with E-state index in [4.69, 9.17) is 13.4 Å². The lowest BCUT2D eigenvalue weighted by atomic mass is 10.0. The molecular weight excluding hydrogens is 1790 g/mol. The number of hydrogen-bond donors (Lipinski definition) is 0. The molecular formula is C124H76N8O4P4. The van der Waals surface area contributed by atoms with Crippen molar-refractivity contribution in [2.24, 2.45) is 0 Å². The van der Waals surface area contributed by atoms with Crippen molar-refractivity contribution in [3.05, 3.63) is 489 Å². The first-order valence-corrected chi connectivity index (χ1v) is 52.6. The number of para-hydroxylation sites is 6. The minimum atomic E-state index is -3.22. The van der Waals surface area contributed by atoms with Crippen molar-refractivity contribution in [3.63, 3.8) is 0 Å². The number of fused-ring (bicyclic) bond motifs is 28. The van der Waals surface area contributed by atoms with E-state index < -0.39 is 46.7 Å². The maximum Gasteiger partial charge on any atom is 0.190 e. The second-order valence-corrected chi connectivity index (χ2v) is 45.7. The second kappa shape index (κ2) is 33.2. The van der Waals surface area contributed by atoms with Gasteiger partial charge >= 0.3 is 0 Å². The second-order valence-electron chi connectivity index (χ2n) is 34.9. The van der Waals surface area contributed by atoms with Gasteiger partial charge in [-0.25, -0.2) is 4.85 Å². The molecule has 0 fully saturated rings. The first kappa shape index (κ1) is 78.8. The molecule has 0 aliphatic carbocycles. The normalized spacial score (nSPS) is 16.7. The van der Waals surface area contributed by atoms with Gasteiger partial charge in [-0.15, -0.1) is 0 Å². The number of nitrogens with zero attached hydrogens (tertiary/aromatic N) is 8. The number of aromatic nitrogens is 4. The van der Waals surface area contributed by atoms with Crippen LogP contribution >= 0.6 is 28.6 Å². The van der Waals surface area contributed by atoms with E-state index in [0.29, 0.717) is 38.7 Å². The lowest BCUT2D eigenvalue weighted by molar-refractivity contribution is 0.592. The fourth-order valence-corrected chi connectivity index (χ4v) is 34.2. The van der Waals surface area contributed by atoms with Crippen LogP contribution in [0.4, 0.5) is 5.69 Å². The van der Waals surface area contributed by atoms with Gasteiger partial charge in [0.25, 0.3) is 0 Å². The SMILES string of the molecule is N#Cc1cccc(-n2c3ccccc3c3ccc4c(c32)-c2ccccc2P4(=O)c2ccccc2)c1.N#Cc1ccccc1-n1c2ccccc2c2ccc3c(c21)-c1ccccc1P3(=O)c1ccccc1.[2H]c1c([2H])c([2H])c(-n2c3ccccc3c3ccc4c(c32)-c2ccccc2P4(=O)c2ccccc2)c([2H])c1[2H].[C-]#[N+]c1cc(C#N)cc(-n2c3ccccc3c3ccc4c(c32)-c2ccccc2P4(=O)c2ccccc2)c1. The lowest BCUT2D eigenvalue weighted by Gasteiger charge is -2.16. The molecule has 12 nitrogen and oxygen atoms in total. The predicted octanol–water partition coefficient (Wildman–Crippen LogP) is 25.8. The zero-order valence-corrected chi connectivity index (χ0v) is 78.1. The summed E-state index contributed by atoms with van der Waals surface area (Å²) in [6.45, 7) is 7.60. The Bertz CT molecular complexity index is 10100. The Balaban J connectivity index is 0.000000101. The van der Waals surface area contributed by atoms with Gasteiger partial charge in [0.05, 0.1) is 86.5 Å². The highest BCUT2D eigenvalue weighted by atomic mass is 31.2. The fraction of sp³-hybridized carbons (Fsp3) is 0. The average Bonchev–Trinajstić information content (AvgIpc) is 1.54. The first-order chi connectivity index (χ1) is 70.9. The van der Waals surface area contributed by atoms with E-state index in [9.17, 15) is 15.8 Å². The van der Waals surface area contributed by atoms with Crippen molar-refractivity contribution >= 4 is 185 Å². The molecule has 4 atom stereocenters. The molecule has 4 aliphatic rings. The number of hydrogen-bond acceptors (Lipinski definition) is 7. The molecule has 0 N–H and O–H groups in total. The molecule has 0 saturated carbocycles. The fourth-order valence-electron chi connectivity index (χ4n) is 22.0. The molecule has 656 valence electrons. The molecule has 4 aromatic heterocycles. The molecule has 8 heterocycles. The molecule has 140 heavy (non-hydrogen) atoms. The monoisotopic (exact) mass is 1870 g/mol. The Morgan fingerprint density at radius 2 is 0.557 bits per heavy atom. The topological polar surface area (TPSA) is 164 Å². The van der Waals surface area contributed by atoms with Crippen LogP contribution in [0.25, 0.3) is 159 Å². The highest BCUT2D eigenvalue weighted by Crippen LogP contribution is 2.60. The van der Waals surface area contributed by atoms with Gasteiger partial charge in [-0.1, -0.05) is 352 Å². The molecule has 4 unspecified atom stereocenters. The van der Waals surface area contributed by atoms with Crippen LogP contribution in [-0.2, 0) is 18.3 Å². The van der Waals surface area contributed by atoms with Gasteiger partial charge in [-0.3, -0.25) is 0 Å². The van der Waals surface area contributed by atoms with E-state index in [1.165, 1.54) is 0 Å². The summed E-state index contributed by atoms with van der Waals surface area (Å²) in [5.74, 6) is 0. The summed E-state index contributed by atoms with van der Waals surface area (Å²) in [5, 5.41) is 47.3. The van der Waals surface area contributed by atoms with Gasteiger partial charge in [0.1, 0.15) is 6.07 Å². The molecule has 20 aromatic carbocycles. The van der Waals surface area contributed by atoms with Crippen LogP contribution in [0.15, 0.2) is 461 Å². The summed E-state index contributed by atoms with van der Waals surface area (Å²) >= 11 is 0. The number of nitriles is 3. The molecule has 0 spiro atoms. The van der Waals surface area contributed by atoms with Gasteiger partial charge < -0.3 is 36.5 Å². The Kier molecular flexibility index (Phi) is 18.7. The van der Waals surface area contributed by atoms with E-state index in [0.717, 1.165) is 196 Å². The van der Waals surface area contributed by atoms with Crippen molar-refractivity contribution in [1.29, 1.82) is 15.8 Å². The standard InChI is InChI=1S/C32H18N3OP.2C31H19N2OP.C30H20NOP/c1-34-22-17-21(20-33)18-23(19-22)35-28-13-7-5-11-25(28)26-15-16-30-31(32(26)35)27-12-6-8-14-29(27)37(30,36)24-9-3-2-4-10-24;32-20-21-10-4-7-15-26(21)33-27-16-8-5-13-23(27)24-18-19-29-30(31(24)33)25-14-6-9-17-28(25)35(29,34)22-11-2-1-3-12-22;32-20-21-9-8-10-22(19-21)33-27-15-6-4-13-24(27)25-17-18-29-30(31(25)33)26-14-5-7-16-28(26)35(29,34)23-11-2-1-3-12-23;32-33(22-13-5-2-6-14-22)27-18-10-8-16-25(27)29-28(33)20-19-24-23-15-7-9-17-26(23)31(30(24)29)21-11-3-1-4-12-21/h2-19H;2*1-19H;1-20H/i;;;1D,3D,4D,11D,12D. The van der Waals surface area contributed by atoms with Crippen LogP contribution < -0.4 is 63.7 Å². The highest BCUT2D eigenvalue weighted by Gasteiger charge is 2.47. The Hall–Kier alpha value is -17.5. The number of rotatable bonds is 8. The Morgan fingerprint density at radius 3 is 0.921 bits per heavy atom. The maximum atomic E-state index is 15.1. The van der Waals surface area contributed by atoms with Crippen molar-refractivity contribution in [2.75, 3.05) is 0 Å². The van der Waals surface area contributed by atoms with Gasteiger partial charge in [-0.2, -0.15) is 15.8 Å². The van der Waals surface area contributed by atoms with Crippen LogP contribution in [0.1, 0.15) is 23.5 Å². The van der Waals surface area contributed by atoms with E-state index in [2.05, 4.69) is 122 Å². The smallest absolute Gasteiger partial charge is 0.190 e. The van der Waals surface area contributed by atoms with Crippen molar-refractivity contribution in [2.45, 2.75) is 0 Å². The molecule has 4 aliphatic heterocycles. The van der Waals surface area contributed by atoms with Gasteiger partial charge in [0.15, 0.2) is 34.3 Å². The summed E-state index contributed by atoms with van der Waals surface area (Å²) in [6, 6.07) is 145. The molecule has 0 radical (unpaired) electrons. The Morgan fingerprint density at radius 1 is 0.250 bits per heavy atom.